The molecule has 0 aliphatic heterocycles. The highest BCUT2D eigenvalue weighted by molar-refractivity contribution is 4.97. The van der Waals surface area contributed by atoms with Gasteiger partial charge in [0.05, 0.1) is 0 Å². The summed E-state index contributed by atoms with van der Waals surface area (Å²) >= 11 is 0. The van der Waals surface area contributed by atoms with Crippen LogP contribution in [-0.4, -0.2) is 6.04 Å². The smallest absolute Gasteiger partial charge is 0.0194 e. The van der Waals surface area contributed by atoms with Gasteiger partial charge in [-0.25, -0.2) is 0 Å². The highest BCUT2D eigenvalue weighted by Gasteiger charge is 2.35. The summed E-state index contributed by atoms with van der Waals surface area (Å²) in [5.74, 6) is 1.50. The monoisotopic (exact) mass is 225 g/mol. The van der Waals surface area contributed by atoms with Crippen LogP contribution in [0, 0.1) is 17.3 Å². The maximum atomic E-state index is 5.76. The molecule has 0 radical (unpaired) electrons. The fourth-order valence-corrected chi connectivity index (χ4v) is 2.82. The number of nitrogens with two attached hydrogens (primary N) is 1. The molecule has 16 heavy (non-hydrogen) atoms. The van der Waals surface area contributed by atoms with Crippen molar-refractivity contribution in [1.29, 1.82) is 0 Å². The lowest BCUT2D eigenvalue weighted by molar-refractivity contribution is 0.0938. The summed E-state index contributed by atoms with van der Waals surface area (Å²) in [6, 6.07) is 0.179. The highest BCUT2D eigenvalue weighted by atomic mass is 14.6. The number of rotatable bonds is 7. The molecule has 1 heteroatoms. The third-order valence-electron chi connectivity index (χ3n) is 4.34. The van der Waals surface area contributed by atoms with Gasteiger partial charge >= 0.3 is 0 Å². The Bertz CT molecular complexity index is 205. The van der Waals surface area contributed by atoms with Crippen molar-refractivity contribution in [2.24, 2.45) is 23.0 Å². The van der Waals surface area contributed by atoms with Crippen LogP contribution in [0.1, 0.15) is 60.8 Å². The van der Waals surface area contributed by atoms with Crippen molar-refractivity contribution in [3.05, 3.63) is 12.2 Å². The van der Waals surface area contributed by atoms with Gasteiger partial charge in [-0.05, 0) is 37.0 Å². The molecule has 0 aromatic carbocycles. The minimum Gasteiger partial charge on any atom is -0.325 e. The molecule has 0 aliphatic carbocycles. The minimum atomic E-state index is 0.179. The van der Waals surface area contributed by atoms with Crippen LogP contribution in [0.3, 0.4) is 0 Å². The van der Waals surface area contributed by atoms with Gasteiger partial charge in [0.25, 0.3) is 0 Å². The SMILES string of the molecule is CC[C@H](C)C(CC)(C/C=C\C(C)N)C(C)C. The van der Waals surface area contributed by atoms with E-state index in [2.05, 4.69) is 46.8 Å². The van der Waals surface area contributed by atoms with Crippen molar-refractivity contribution >= 4 is 0 Å². The van der Waals surface area contributed by atoms with Crippen molar-refractivity contribution in [1.82, 2.24) is 0 Å². The molecule has 0 saturated heterocycles. The van der Waals surface area contributed by atoms with Crippen LogP contribution in [-0.2, 0) is 0 Å². The topological polar surface area (TPSA) is 26.0 Å². The minimum absolute atomic E-state index is 0.179. The van der Waals surface area contributed by atoms with Gasteiger partial charge in [-0.3, -0.25) is 0 Å². The molecule has 2 N–H and O–H groups in total. The summed E-state index contributed by atoms with van der Waals surface area (Å²) in [5.41, 5.74) is 6.21. The van der Waals surface area contributed by atoms with E-state index < -0.39 is 0 Å². The molecule has 0 aliphatic rings. The Balaban J connectivity index is 4.77. The van der Waals surface area contributed by atoms with E-state index >= 15 is 0 Å². The van der Waals surface area contributed by atoms with Crippen LogP contribution in [0.15, 0.2) is 12.2 Å². The molecule has 1 nitrogen and oxygen atoms in total. The molecule has 0 saturated carbocycles. The van der Waals surface area contributed by atoms with E-state index in [0.717, 1.165) is 18.3 Å². The Labute approximate surface area is 102 Å². The van der Waals surface area contributed by atoms with Gasteiger partial charge in [0, 0.05) is 6.04 Å². The van der Waals surface area contributed by atoms with Crippen LogP contribution in [0.2, 0.25) is 0 Å². The largest absolute Gasteiger partial charge is 0.325 e. The second-order valence-corrected chi connectivity index (χ2v) is 5.54. The molecule has 3 atom stereocenters. The van der Waals surface area contributed by atoms with Crippen molar-refractivity contribution in [3.63, 3.8) is 0 Å². The summed E-state index contributed by atoms with van der Waals surface area (Å²) in [7, 11) is 0. The van der Waals surface area contributed by atoms with E-state index in [-0.39, 0.29) is 6.04 Å². The standard InChI is InChI=1S/C15H31N/c1-7-13(5)15(8-2,12(3)4)11-9-10-14(6)16/h9-10,12-14H,7-8,11,16H2,1-6H3/b10-9-/t13-,14?,15?/m0/s1. The lowest BCUT2D eigenvalue weighted by atomic mass is 9.63. The van der Waals surface area contributed by atoms with Gasteiger partial charge in [0.1, 0.15) is 0 Å². The highest BCUT2D eigenvalue weighted by Crippen LogP contribution is 2.44. The zero-order valence-corrected chi connectivity index (χ0v) is 12.1. The molecular formula is C15H31N. The first kappa shape index (κ1) is 15.7. The third-order valence-corrected chi connectivity index (χ3v) is 4.34. The lowest BCUT2D eigenvalue weighted by Gasteiger charge is -2.41. The van der Waals surface area contributed by atoms with Crippen molar-refractivity contribution in [2.45, 2.75) is 66.8 Å². The van der Waals surface area contributed by atoms with Gasteiger partial charge in [-0.2, -0.15) is 0 Å². The first-order chi connectivity index (χ1) is 7.40. The van der Waals surface area contributed by atoms with Gasteiger partial charge in [-0.15, -0.1) is 0 Å². The van der Waals surface area contributed by atoms with Crippen molar-refractivity contribution < 1.29 is 0 Å². The van der Waals surface area contributed by atoms with Crippen LogP contribution < -0.4 is 5.73 Å². The van der Waals surface area contributed by atoms with E-state index in [0.29, 0.717) is 5.41 Å². The Kier molecular flexibility index (Phi) is 6.98. The summed E-state index contributed by atoms with van der Waals surface area (Å²) in [5, 5.41) is 0. The quantitative estimate of drug-likeness (QED) is 0.639. The van der Waals surface area contributed by atoms with Gasteiger partial charge in [0.15, 0.2) is 0 Å². The second-order valence-electron chi connectivity index (χ2n) is 5.54. The molecule has 0 fully saturated rings. The maximum Gasteiger partial charge on any atom is 0.0194 e. The molecule has 0 rings (SSSR count). The van der Waals surface area contributed by atoms with Crippen LogP contribution in [0.25, 0.3) is 0 Å². The van der Waals surface area contributed by atoms with E-state index in [1.54, 1.807) is 0 Å². The zero-order valence-electron chi connectivity index (χ0n) is 12.1. The number of hydrogen-bond acceptors (Lipinski definition) is 1. The average Bonchev–Trinajstić information content (AvgIpc) is 2.22. The van der Waals surface area contributed by atoms with Crippen LogP contribution in [0.4, 0.5) is 0 Å². The predicted molar refractivity (Wildman–Crippen MR) is 74.4 cm³/mol. The zero-order chi connectivity index (χ0) is 12.8. The maximum absolute atomic E-state index is 5.76. The Hall–Kier alpha value is -0.300. The molecule has 0 bridgehead atoms. The molecule has 2 unspecified atom stereocenters. The van der Waals surface area contributed by atoms with Crippen molar-refractivity contribution in [2.75, 3.05) is 0 Å². The van der Waals surface area contributed by atoms with Crippen LogP contribution in [0.5, 0.6) is 0 Å². The van der Waals surface area contributed by atoms with E-state index in [1.807, 2.05) is 6.92 Å². The summed E-state index contributed by atoms with van der Waals surface area (Å²) < 4.78 is 0. The van der Waals surface area contributed by atoms with E-state index in [1.165, 1.54) is 12.8 Å². The molecule has 0 heterocycles. The average molecular weight is 225 g/mol. The number of hydrogen-bond donors (Lipinski definition) is 1. The first-order valence-corrected chi connectivity index (χ1v) is 6.82. The van der Waals surface area contributed by atoms with Gasteiger partial charge in [0.2, 0.25) is 0 Å². The van der Waals surface area contributed by atoms with Crippen LogP contribution >= 0.6 is 0 Å². The van der Waals surface area contributed by atoms with Gasteiger partial charge < -0.3 is 5.73 Å². The van der Waals surface area contributed by atoms with E-state index in [4.69, 9.17) is 5.73 Å². The molecule has 0 aromatic heterocycles. The predicted octanol–water partition coefficient (Wildman–Crippen LogP) is 4.38. The molecule has 0 spiro atoms. The first-order valence-electron chi connectivity index (χ1n) is 6.82. The summed E-state index contributed by atoms with van der Waals surface area (Å²) in [4.78, 5) is 0. The van der Waals surface area contributed by atoms with Crippen molar-refractivity contribution in [3.8, 4) is 0 Å². The fourth-order valence-electron chi connectivity index (χ4n) is 2.82. The second kappa shape index (κ2) is 7.11. The summed E-state index contributed by atoms with van der Waals surface area (Å²) in [6.07, 6.45) is 8.11. The normalized spacial score (nSPS) is 20.0. The number of allylic oxidation sites excluding steroid dienone is 1. The molecular weight excluding hydrogens is 194 g/mol. The van der Waals surface area contributed by atoms with Gasteiger partial charge in [-0.1, -0.05) is 53.2 Å². The molecule has 96 valence electrons. The fraction of sp³-hybridized carbons (Fsp3) is 0.867. The molecule has 0 amide bonds. The molecule has 0 aromatic rings. The Morgan fingerprint density at radius 3 is 2.00 bits per heavy atom. The third kappa shape index (κ3) is 3.93. The summed E-state index contributed by atoms with van der Waals surface area (Å²) in [6.45, 7) is 13.8. The Morgan fingerprint density at radius 2 is 1.69 bits per heavy atom. The van der Waals surface area contributed by atoms with E-state index in [9.17, 15) is 0 Å². The Morgan fingerprint density at radius 1 is 1.12 bits per heavy atom. The lowest BCUT2D eigenvalue weighted by Crippen LogP contribution is -2.33.